The third kappa shape index (κ3) is 5.44. The van der Waals surface area contributed by atoms with Crippen molar-refractivity contribution in [2.45, 2.75) is 32.6 Å². The summed E-state index contributed by atoms with van der Waals surface area (Å²) in [4.78, 5) is 24.7. The fraction of sp³-hybridized carbons (Fsp3) is 0.556. The van der Waals surface area contributed by atoms with Gasteiger partial charge < -0.3 is 20.1 Å². The quantitative estimate of drug-likeness (QED) is 0.803. The average Bonchev–Trinajstić information content (AvgIpc) is 2.60. The van der Waals surface area contributed by atoms with E-state index in [0.29, 0.717) is 39.1 Å². The smallest absolute Gasteiger partial charge is 0.317 e. The zero-order valence-corrected chi connectivity index (χ0v) is 14.2. The van der Waals surface area contributed by atoms with Gasteiger partial charge in [0.15, 0.2) is 0 Å². The topological polar surface area (TPSA) is 78.9 Å². The van der Waals surface area contributed by atoms with Crippen LogP contribution in [0.4, 0.5) is 4.79 Å². The third-order valence-electron chi connectivity index (χ3n) is 4.19. The Labute approximate surface area is 142 Å². The Balaban J connectivity index is 1.72. The first-order valence-corrected chi connectivity index (χ1v) is 8.57. The van der Waals surface area contributed by atoms with Crippen LogP contribution >= 0.6 is 0 Å². The number of amides is 2. The molecule has 0 aliphatic carbocycles. The summed E-state index contributed by atoms with van der Waals surface area (Å²) in [5.74, 6) is -0.225. The maximum atomic E-state index is 12.1. The number of urea groups is 1. The molecule has 2 rings (SSSR count). The SMILES string of the molecule is CCCOc1cccc(CCNC(=O)N2CCC(C(=O)O)CC2)c1. The van der Waals surface area contributed by atoms with Crippen LogP contribution in [0.25, 0.3) is 0 Å². The fourth-order valence-electron chi connectivity index (χ4n) is 2.77. The normalized spacial score (nSPS) is 15.1. The molecule has 132 valence electrons. The van der Waals surface area contributed by atoms with Crippen LogP contribution in [0.5, 0.6) is 5.75 Å². The first-order valence-electron chi connectivity index (χ1n) is 8.57. The van der Waals surface area contributed by atoms with Crippen molar-refractivity contribution in [3.8, 4) is 5.75 Å². The average molecular weight is 334 g/mol. The van der Waals surface area contributed by atoms with Crippen molar-refractivity contribution in [3.63, 3.8) is 0 Å². The number of rotatable bonds is 7. The van der Waals surface area contributed by atoms with Gasteiger partial charge in [-0.3, -0.25) is 4.79 Å². The minimum Gasteiger partial charge on any atom is -0.494 e. The molecule has 0 aromatic heterocycles. The third-order valence-corrected chi connectivity index (χ3v) is 4.19. The number of nitrogens with zero attached hydrogens (tertiary/aromatic N) is 1. The molecule has 1 aromatic rings. The van der Waals surface area contributed by atoms with Crippen LogP contribution in [0.15, 0.2) is 24.3 Å². The minimum atomic E-state index is -0.764. The lowest BCUT2D eigenvalue weighted by Gasteiger charge is -2.30. The number of carbonyl (C=O) groups is 2. The number of ether oxygens (including phenoxy) is 1. The van der Waals surface area contributed by atoms with Crippen LogP contribution < -0.4 is 10.1 Å². The number of carboxylic acid groups (broad SMARTS) is 1. The molecule has 1 aliphatic heterocycles. The maximum absolute atomic E-state index is 12.1. The van der Waals surface area contributed by atoms with Crippen molar-refractivity contribution in [1.29, 1.82) is 0 Å². The number of piperidine rings is 1. The first kappa shape index (κ1) is 18.1. The molecule has 0 bridgehead atoms. The summed E-state index contributed by atoms with van der Waals surface area (Å²) in [7, 11) is 0. The van der Waals surface area contributed by atoms with E-state index >= 15 is 0 Å². The van der Waals surface area contributed by atoms with Crippen LogP contribution in [-0.4, -0.2) is 48.2 Å². The summed E-state index contributed by atoms with van der Waals surface area (Å²) in [6, 6.07) is 7.80. The predicted molar refractivity (Wildman–Crippen MR) is 91.3 cm³/mol. The number of hydrogen-bond donors (Lipinski definition) is 2. The predicted octanol–water partition coefficient (Wildman–Crippen LogP) is 2.52. The van der Waals surface area contributed by atoms with E-state index in [1.54, 1.807) is 4.90 Å². The zero-order valence-electron chi connectivity index (χ0n) is 14.2. The first-order chi connectivity index (χ1) is 11.6. The second-order valence-electron chi connectivity index (χ2n) is 6.08. The van der Waals surface area contributed by atoms with Crippen LogP contribution in [-0.2, 0) is 11.2 Å². The maximum Gasteiger partial charge on any atom is 0.317 e. The van der Waals surface area contributed by atoms with E-state index in [9.17, 15) is 9.59 Å². The number of carbonyl (C=O) groups excluding carboxylic acids is 1. The standard InChI is InChI=1S/C18H26N2O4/c1-2-12-24-16-5-3-4-14(13-16)6-9-19-18(23)20-10-7-15(8-11-20)17(21)22/h3-5,13,15H,2,6-12H2,1H3,(H,19,23)(H,21,22). The summed E-state index contributed by atoms with van der Waals surface area (Å²) in [5, 5.41) is 11.9. The molecule has 0 radical (unpaired) electrons. The van der Waals surface area contributed by atoms with Crippen LogP contribution in [0.1, 0.15) is 31.7 Å². The monoisotopic (exact) mass is 334 g/mol. The molecule has 1 saturated heterocycles. The van der Waals surface area contributed by atoms with Gasteiger partial charge in [0.25, 0.3) is 0 Å². The molecule has 2 amide bonds. The van der Waals surface area contributed by atoms with E-state index in [2.05, 4.69) is 12.2 Å². The Hall–Kier alpha value is -2.24. The molecule has 0 atom stereocenters. The molecule has 1 aliphatic rings. The van der Waals surface area contributed by atoms with E-state index in [4.69, 9.17) is 9.84 Å². The molecule has 0 saturated carbocycles. The van der Waals surface area contributed by atoms with E-state index in [0.717, 1.165) is 24.2 Å². The summed E-state index contributed by atoms with van der Waals surface area (Å²) in [6.45, 7) is 4.33. The number of likely N-dealkylation sites (tertiary alicyclic amines) is 1. The lowest BCUT2D eigenvalue weighted by Crippen LogP contribution is -2.45. The second-order valence-corrected chi connectivity index (χ2v) is 6.08. The van der Waals surface area contributed by atoms with Gasteiger partial charge in [-0.1, -0.05) is 19.1 Å². The van der Waals surface area contributed by atoms with Crippen molar-refractivity contribution in [2.75, 3.05) is 26.2 Å². The van der Waals surface area contributed by atoms with Crippen LogP contribution in [0.2, 0.25) is 0 Å². The van der Waals surface area contributed by atoms with Crippen LogP contribution in [0.3, 0.4) is 0 Å². The molecule has 1 aromatic carbocycles. The van der Waals surface area contributed by atoms with Gasteiger partial charge in [0.2, 0.25) is 0 Å². The molecule has 0 unspecified atom stereocenters. The van der Waals surface area contributed by atoms with Gasteiger partial charge >= 0.3 is 12.0 Å². The Kier molecular flexibility index (Phi) is 6.90. The summed E-state index contributed by atoms with van der Waals surface area (Å²) in [5.41, 5.74) is 1.12. The van der Waals surface area contributed by atoms with Crippen molar-refractivity contribution < 1.29 is 19.4 Å². The van der Waals surface area contributed by atoms with E-state index in [1.807, 2.05) is 24.3 Å². The Morgan fingerprint density at radius 3 is 2.75 bits per heavy atom. The van der Waals surface area contributed by atoms with Gasteiger partial charge in [0.05, 0.1) is 12.5 Å². The van der Waals surface area contributed by atoms with Crippen LogP contribution in [0, 0.1) is 5.92 Å². The molecule has 24 heavy (non-hydrogen) atoms. The number of carboxylic acids is 1. The molecule has 6 heteroatoms. The van der Waals surface area contributed by atoms with Crippen molar-refractivity contribution in [1.82, 2.24) is 10.2 Å². The molecular weight excluding hydrogens is 308 g/mol. The lowest BCUT2D eigenvalue weighted by atomic mass is 9.97. The van der Waals surface area contributed by atoms with E-state index < -0.39 is 5.97 Å². The van der Waals surface area contributed by atoms with E-state index in [-0.39, 0.29) is 11.9 Å². The van der Waals surface area contributed by atoms with Gasteiger partial charge in [0.1, 0.15) is 5.75 Å². The van der Waals surface area contributed by atoms with Gasteiger partial charge in [-0.05, 0) is 43.4 Å². The fourth-order valence-corrected chi connectivity index (χ4v) is 2.77. The van der Waals surface area contributed by atoms with Crippen molar-refractivity contribution >= 4 is 12.0 Å². The van der Waals surface area contributed by atoms with Crippen molar-refractivity contribution in [2.24, 2.45) is 5.92 Å². The Morgan fingerprint density at radius 2 is 2.08 bits per heavy atom. The van der Waals surface area contributed by atoms with Gasteiger partial charge in [-0.2, -0.15) is 0 Å². The molecule has 0 spiro atoms. The molecule has 6 nitrogen and oxygen atoms in total. The Bertz CT molecular complexity index is 554. The molecule has 1 fully saturated rings. The molecular formula is C18H26N2O4. The van der Waals surface area contributed by atoms with Crippen molar-refractivity contribution in [3.05, 3.63) is 29.8 Å². The van der Waals surface area contributed by atoms with Gasteiger partial charge in [0, 0.05) is 19.6 Å². The number of benzene rings is 1. The lowest BCUT2D eigenvalue weighted by molar-refractivity contribution is -0.143. The largest absolute Gasteiger partial charge is 0.494 e. The number of hydrogen-bond acceptors (Lipinski definition) is 3. The number of aliphatic carboxylic acids is 1. The highest BCUT2D eigenvalue weighted by Crippen LogP contribution is 2.17. The second kappa shape index (κ2) is 9.15. The minimum absolute atomic E-state index is 0.114. The number of nitrogens with one attached hydrogen (secondary N) is 1. The van der Waals surface area contributed by atoms with E-state index in [1.165, 1.54) is 0 Å². The highest BCUT2D eigenvalue weighted by molar-refractivity contribution is 5.75. The highest BCUT2D eigenvalue weighted by atomic mass is 16.5. The zero-order chi connectivity index (χ0) is 17.4. The molecule has 1 heterocycles. The highest BCUT2D eigenvalue weighted by Gasteiger charge is 2.26. The summed E-state index contributed by atoms with van der Waals surface area (Å²) < 4.78 is 5.60. The molecule has 2 N–H and O–H groups in total. The van der Waals surface area contributed by atoms with Gasteiger partial charge in [-0.25, -0.2) is 4.79 Å². The summed E-state index contributed by atoms with van der Waals surface area (Å²) >= 11 is 0. The Morgan fingerprint density at radius 1 is 1.33 bits per heavy atom. The van der Waals surface area contributed by atoms with Gasteiger partial charge in [-0.15, -0.1) is 0 Å². The summed E-state index contributed by atoms with van der Waals surface area (Å²) in [6.07, 6.45) is 2.76.